The molecule has 0 spiro atoms. The second-order valence-electron chi connectivity index (χ2n) is 4.77. The molecule has 0 aliphatic rings. The van der Waals surface area contributed by atoms with Gasteiger partial charge in [0.25, 0.3) is 5.91 Å². The molecule has 0 unspecified atom stereocenters. The van der Waals surface area contributed by atoms with Crippen molar-refractivity contribution in [3.63, 3.8) is 0 Å². The van der Waals surface area contributed by atoms with Gasteiger partial charge in [0.05, 0.1) is 13.7 Å². The van der Waals surface area contributed by atoms with E-state index in [-0.39, 0.29) is 19.1 Å². The normalized spacial score (nSPS) is 10.5. The fourth-order valence-electron chi connectivity index (χ4n) is 2.00. The van der Waals surface area contributed by atoms with Gasteiger partial charge in [-0.05, 0) is 30.7 Å². The van der Waals surface area contributed by atoms with Crippen molar-refractivity contribution in [3.05, 3.63) is 41.7 Å². The zero-order chi connectivity index (χ0) is 15.4. The Kier molecular flexibility index (Phi) is 4.59. The lowest BCUT2D eigenvalue weighted by Gasteiger charge is -2.13. The monoisotopic (exact) mass is 289 g/mol. The van der Waals surface area contributed by atoms with E-state index in [4.69, 9.17) is 9.84 Å². The predicted octanol–water partition coefficient (Wildman–Crippen LogP) is 1.25. The Morgan fingerprint density at radius 2 is 2.19 bits per heavy atom. The van der Waals surface area contributed by atoms with Crippen LogP contribution in [-0.4, -0.2) is 53.0 Å². The average Bonchev–Trinajstić information content (AvgIpc) is 2.96. The summed E-state index contributed by atoms with van der Waals surface area (Å²) in [6.07, 6.45) is 1.72. The molecule has 1 heterocycles. The largest absolute Gasteiger partial charge is 0.494 e. The van der Waals surface area contributed by atoms with Crippen molar-refractivity contribution in [3.8, 4) is 11.4 Å². The summed E-state index contributed by atoms with van der Waals surface area (Å²) in [7, 11) is 3.23. The summed E-state index contributed by atoms with van der Waals surface area (Å²) in [5.74, 6) is 0.459. The van der Waals surface area contributed by atoms with Gasteiger partial charge in [-0.3, -0.25) is 4.79 Å². The molecule has 1 aromatic carbocycles. The molecule has 21 heavy (non-hydrogen) atoms. The number of benzene rings is 1. The van der Waals surface area contributed by atoms with Gasteiger partial charge in [0.1, 0.15) is 11.4 Å². The molecule has 112 valence electrons. The van der Waals surface area contributed by atoms with Crippen LogP contribution >= 0.6 is 0 Å². The fourth-order valence-corrected chi connectivity index (χ4v) is 2.00. The van der Waals surface area contributed by atoms with Gasteiger partial charge in [-0.2, -0.15) is 5.10 Å². The Morgan fingerprint density at radius 1 is 1.43 bits per heavy atom. The maximum Gasteiger partial charge on any atom is 0.274 e. The minimum atomic E-state index is -0.227. The van der Waals surface area contributed by atoms with E-state index in [0.29, 0.717) is 11.4 Å². The third kappa shape index (κ3) is 3.22. The van der Waals surface area contributed by atoms with Crippen LogP contribution in [0.5, 0.6) is 5.75 Å². The average molecular weight is 289 g/mol. The topological polar surface area (TPSA) is 67.6 Å². The smallest absolute Gasteiger partial charge is 0.274 e. The molecule has 6 nitrogen and oxygen atoms in total. The lowest BCUT2D eigenvalue weighted by molar-refractivity contribution is 0.0760. The molecule has 0 radical (unpaired) electrons. The van der Waals surface area contributed by atoms with E-state index in [2.05, 4.69) is 5.10 Å². The maximum absolute atomic E-state index is 12.1. The van der Waals surface area contributed by atoms with E-state index in [9.17, 15) is 4.79 Å². The first-order chi connectivity index (χ1) is 10.1. The van der Waals surface area contributed by atoms with Crippen LogP contribution in [0.25, 0.3) is 5.69 Å². The molecule has 2 rings (SSSR count). The number of nitrogens with zero attached hydrogens (tertiary/aromatic N) is 3. The van der Waals surface area contributed by atoms with Crippen molar-refractivity contribution in [1.29, 1.82) is 0 Å². The molecule has 6 heteroatoms. The Morgan fingerprint density at radius 3 is 2.86 bits per heavy atom. The molecule has 2 aromatic rings. The van der Waals surface area contributed by atoms with Gasteiger partial charge in [0.15, 0.2) is 5.69 Å². The molecule has 0 aliphatic heterocycles. The third-order valence-electron chi connectivity index (χ3n) is 3.17. The van der Waals surface area contributed by atoms with Crippen LogP contribution in [0.3, 0.4) is 0 Å². The molecule has 1 N–H and O–H groups in total. The number of carbonyl (C=O) groups excluding carboxylic acids is 1. The van der Waals surface area contributed by atoms with Gasteiger partial charge < -0.3 is 14.7 Å². The SMILES string of the molecule is COc1ccc(C)cc1-n1ccc(C(=O)N(C)CCO)n1. The van der Waals surface area contributed by atoms with Crippen LogP contribution in [0.4, 0.5) is 0 Å². The fraction of sp³-hybridized carbons (Fsp3) is 0.333. The van der Waals surface area contributed by atoms with Gasteiger partial charge in [-0.25, -0.2) is 4.68 Å². The molecule has 0 saturated heterocycles. The quantitative estimate of drug-likeness (QED) is 0.899. The second-order valence-corrected chi connectivity index (χ2v) is 4.77. The zero-order valence-corrected chi connectivity index (χ0v) is 12.4. The number of aliphatic hydroxyl groups is 1. The summed E-state index contributed by atoms with van der Waals surface area (Å²) in [6.45, 7) is 2.18. The summed E-state index contributed by atoms with van der Waals surface area (Å²) in [5, 5.41) is 13.2. The molecule has 0 atom stereocenters. The highest BCUT2D eigenvalue weighted by Crippen LogP contribution is 2.23. The summed E-state index contributed by atoms with van der Waals surface area (Å²) in [4.78, 5) is 13.5. The van der Waals surface area contributed by atoms with E-state index < -0.39 is 0 Å². The number of rotatable bonds is 5. The number of likely N-dealkylation sites (N-methyl/N-ethyl adjacent to an activating group) is 1. The van der Waals surface area contributed by atoms with E-state index in [1.54, 1.807) is 31.1 Å². The number of hydrogen-bond donors (Lipinski definition) is 1. The first-order valence-electron chi connectivity index (χ1n) is 6.64. The van der Waals surface area contributed by atoms with Crippen molar-refractivity contribution >= 4 is 5.91 Å². The van der Waals surface area contributed by atoms with Gasteiger partial charge >= 0.3 is 0 Å². The summed E-state index contributed by atoms with van der Waals surface area (Å²) >= 11 is 0. The lowest BCUT2D eigenvalue weighted by Crippen LogP contribution is -2.29. The minimum absolute atomic E-state index is 0.0748. The third-order valence-corrected chi connectivity index (χ3v) is 3.17. The number of amides is 1. The van der Waals surface area contributed by atoms with E-state index in [1.807, 2.05) is 25.1 Å². The molecule has 0 bridgehead atoms. The number of hydrogen-bond acceptors (Lipinski definition) is 4. The first-order valence-corrected chi connectivity index (χ1v) is 6.64. The first kappa shape index (κ1) is 15.1. The Balaban J connectivity index is 2.32. The highest BCUT2D eigenvalue weighted by Gasteiger charge is 2.15. The van der Waals surface area contributed by atoms with Crippen LogP contribution in [0.2, 0.25) is 0 Å². The standard InChI is InChI=1S/C15H19N3O3/c1-11-4-5-14(21-3)13(10-11)18-7-6-12(16-18)15(20)17(2)8-9-19/h4-7,10,19H,8-9H2,1-3H3. The Hall–Kier alpha value is -2.34. The number of aryl methyl sites for hydroxylation is 1. The van der Waals surface area contributed by atoms with Crippen molar-refractivity contribution in [2.24, 2.45) is 0 Å². The highest BCUT2D eigenvalue weighted by molar-refractivity contribution is 5.92. The molecular weight excluding hydrogens is 270 g/mol. The molecule has 1 aromatic heterocycles. The van der Waals surface area contributed by atoms with E-state index in [1.165, 1.54) is 4.90 Å². The van der Waals surface area contributed by atoms with Crippen LogP contribution < -0.4 is 4.74 Å². The van der Waals surface area contributed by atoms with Crippen molar-refractivity contribution < 1.29 is 14.6 Å². The summed E-state index contributed by atoms with van der Waals surface area (Å²) in [5.41, 5.74) is 2.18. The van der Waals surface area contributed by atoms with Crippen LogP contribution in [0.15, 0.2) is 30.5 Å². The molecule has 0 aliphatic carbocycles. The number of aliphatic hydroxyl groups excluding tert-OH is 1. The van der Waals surface area contributed by atoms with Crippen molar-refractivity contribution in [2.45, 2.75) is 6.92 Å². The molecule has 0 saturated carbocycles. The van der Waals surface area contributed by atoms with Gasteiger partial charge in [-0.15, -0.1) is 0 Å². The van der Waals surface area contributed by atoms with Crippen LogP contribution in [0.1, 0.15) is 16.1 Å². The number of carbonyl (C=O) groups is 1. The van der Waals surface area contributed by atoms with Crippen LogP contribution in [0, 0.1) is 6.92 Å². The molecule has 0 fully saturated rings. The van der Waals surface area contributed by atoms with Gasteiger partial charge in [0, 0.05) is 19.8 Å². The highest BCUT2D eigenvalue weighted by atomic mass is 16.5. The van der Waals surface area contributed by atoms with Crippen LogP contribution in [-0.2, 0) is 0 Å². The number of aromatic nitrogens is 2. The zero-order valence-electron chi connectivity index (χ0n) is 12.4. The molecular formula is C15H19N3O3. The van der Waals surface area contributed by atoms with Crippen molar-refractivity contribution in [1.82, 2.24) is 14.7 Å². The lowest BCUT2D eigenvalue weighted by atomic mass is 10.2. The summed E-state index contributed by atoms with van der Waals surface area (Å²) in [6, 6.07) is 7.41. The van der Waals surface area contributed by atoms with E-state index >= 15 is 0 Å². The minimum Gasteiger partial charge on any atom is -0.494 e. The van der Waals surface area contributed by atoms with E-state index in [0.717, 1.165) is 11.3 Å². The number of ether oxygens (including phenoxy) is 1. The van der Waals surface area contributed by atoms with Gasteiger partial charge in [0.2, 0.25) is 0 Å². The molecule has 1 amide bonds. The predicted molar refractivity (Wildman–Crippen MR) is 78.9 cm³/mol. The maximum atomic E-state index is 12.1. The van der Waals surface area contributed by atoms with Crippen molar-refractivity contribution in [2.75, 3.05) is 27.3 Å². The second kappa shape index (κ2) is 6.41. The Bertz CT molecular complexity index is 637. The number of methoxy groups -OCH3 is 1. The Labute approximate surface area is 123 Å². The van der Waals surface area contributed by atoms with Gasteiger partial charge in [-0.1, -0.05) is 6.07 Å². The summed E-state index contributed by atoms with van der Waals surface area (Å²) < 4.78 is 6.94.